The Labute approximate surface area is 88.3 Å². The van der Waals surface area contributed by atoms with Gasteiger partial charge < -0.3 is 10.4 Å². The van der Waals surface area contributed by atoms with Gasteiger partial charge in [0.15, 0.2) is 0 Å². The fourth-order valence-corrected chi connectivity index (χ4v) is 1.15. The van der Waals surface area contributed by atoms with Gasteiger partial charge in [-0.3, -0.25) is 4.98 Å². The zero-order valence-electron chi connectivity index (χ0n) is 8.40. The summed E-state index contributed by atoms with van der Waals surface area (Å²) in [5.41, 5.74) is 0.633. The number of rotatable bonds is 4. The highest BCUT2D eigenvalue weighted by Gasteiger charge is 2.11. The maximum atomic E-state index is 10.9. The first kappa shape index (κ1) is 11.1. The van der Waals surface area contributed by atoms with Crippen molar-refractivity contribution in [1.82, 2.24) is 4.98 Å². The van der Waals surface area contributed by atoms with Gasteiger partial charge in [-0.1, -0.05) is 12.8 Å². The Bertz CT molecular complexity index is 396. The quantitative estimate of drug-likeness (QED) is 0.731. The van der Waals surface area contributed by atoms with Crippen molar-refractivity contribution in [2.75, 3.05) is 5.32 Å². The molecular weight excluding hydrogens is 192 g/mol. The maximum absolute atomic E-state index is 10.9. The van der Waals surface area contributed by atoms with Gasteiger partial charge in [0.25, 0.3) is 0 Å². The lowest BCUT2D eigenvalue weighted by Crippen LogP contribution is -2.18. The largest absolute Gasteiger partial charge is 0.478 e. The Balaban J connectivity index is 2.94. The summed E-state index contributed by atoms with van der Waals surface area (Å²) >= 11 is 0. The lowest BCUT2D eigenvalue weighted by Gasteiger charge is -2.13. The van der Waals surface area contributed by atoms with E-state index in [1.54, 1.807) is 0 Å². The van der Waals surface area contributed by atoms with Crippen LogP contribution in [-0.2, 0) is 0 Å². The van der Waals surface area contributed by atoms with Crippen molar-refractivity contribution in [1.29, 1.82) is 0 Å². The zero-order chi connectivity index (χ0) is 11.3. The molecule has 1 rings (SSSR count). The Kier molecular flexibility index (Phi) is 3.69. The molecule has 0 amide bonds. The summed E-state index contributed by atoms with van der Waals surface area (Å²) < 4.78 is 0. The van der Waals surface area contributed by atoms with Crippen molar-refractivity contribution in [3.05, 3.63) is 24.0 Å². The summed E-state index contributed by atoms with van der Waals surface area (Å²) in [5, 5.41) is 11.9. The molecule has 0 aliphatic rings. The minimum Gasteiger partial charge on any atom is -0.478 e. The Morgan fingerprint density at radius 1 is 1.80 bits per heavy atom. The molecule has 15 heavy (non-hydrogen) atoms. The van der Waals surface area contributed by atoms with E-state index in [2.05, 4.69) is 16.2 Å². The van der Waals surface area contributed by atoms with Crippen LogP contribution in [0, 0.1) is 12.3 Å². The van der Waals surface area contributed by atoms with Gasteiger partial charge in [-0.05, 0) is 12.5 Å². The molecule has 1 aromatic heterocycles. The van der Waals surface area contributed by atoms with Crippen LogP contribution < -0.4 is 5.32 Å². The van der Waals surface area contributed by atoms with Gasteiger partial charge in [-0.15, -0.1) is 6.42 Å². The van der Waals surface area contributed by atoms with E-state index in [-0.39, 0.29) is 11.6 Å². The summed E-state index contributed by atoms with van der Waals surface area (Å²) in [6, 6.07) is 1.26. The number of terminal acetylenes is 1. The number of nitrogens with one attached hydrogen (secondary N) is 1. The van der Waals surface area contributed by atoms with E-state index in [0.717, 1.165) is 6.42 Å². The van der Waals surface area contributed by atoms with Crippen LogP contribution in [-0.4, -0.2) is 22.1 Å². The molecule has 4 heteroatoms. The number of hydrogen-bond acceptors (Lipinski definition) is 3. The summed E-state index contributed by atoms with van der Waals surface area (Å²) in [6.07, 6.45) is 8.90. The number of carbonyl (C=O) groups is 1. The maximum Gasteiger partial charge on any atom is 0.337 e. The molecule has 0 radical (unpaired) electrons. The number of carboxylic acids is 1. The van der Waals surface area contributed by atoms with Crippen LogP contribution in [0.5, 0.6) is 0 Å². The Hall–Kier alpha value is -2.02. The second-order valence-corrected chi connectivity index (χ2v) is 3.00. The molecule has 0 aliphatic carbocycles. The van der Waals surface area contributed by atoms with E-state index < -0.39 is 5.97 Å². The van der Waals surface area contributed by atoms with Crippen molar-refractivity contribution in [3.63, 3.8) is 0 Å². The highest BCUT2D eigenvalue weighted by atomic mass is 16.4. The van der Waals surface area contributed by atoms with Gasteiger partial charge in [0.05, 0.1) is 23.5 Å². The summed E-state index contributed by atoms with van der Waals surface area (Å²) in [6.45, 7) is 1.92. The summed E-state index contributed by atoms with van der Waals surface area (Å²) in [4.78, 5) is 14.7. The van der Waals surface area contributed by atoms with Crippen LogP contribution in [0.1, 0.15) is 23.7 Å². The van der Waals surface area contributed by atoms with E-state index in [0.29, 0.717) is 5.69 Å². The molecule has 0 fully saturated rings. The molecule has 0 aliphatic heterocycles. The minimum atomic E-state index is -0.994. The summed E-state index contributed by atoms with van der Waals surface area (Å²) in [5.74, 6) is 1.54. The van der Waals surface area contributed by atoms with Crippen molar-refractivity contribution < 1.29 is 9.90 Å². The molecule has 1 heterocycles. The van der Waals surface area contributed by atoms with Crippen LogP contribution in [0.15, 0.2) is 18.5 Å². The molecule has 1 unspecified atom stereocenters. The van der Waals surface area contributed by atoms with Crippen molar-refractivity contribution >= 4 is 11.7 Å². The number of carboxylic acid groups (broad SMARTS) is 1. The third-order valence-corrected chi connectivity index (χ3v) is 1.99. The second kappa shape index (κ2) is 5.01. The van der Waals surface area contributed by atoms with Gasteiger partial charge >= 0.3 is 5.97 Å². The highest BCUT2D eigenvalue weighted by molar-refractivity contribution is 5.93. The number of nitrogens with zero attached hydrogens (tertiary/aromatic N) is 1. The first-order chi connectivity index (χ1) is 7.19. The standard InChI is InChI=1S/C11H12N2O2/c1-3-8(4-2)13-10-7-12-6-5-9(10)11(14)15/h1,5-8,13H,4H2,2H3,(H,14,15). The highest BCUT2D eigenvalue weighted by Crippen LogP contribution is 2.14. The first-order valence-electron chi connectivity index (χ1n) is 4.59. The average molecular weight is 204 g/mol. The van der Waals surface area contributed by atoms with Crippen molar-refractivity contribution in [3.8, 4) is 12.3 Å². The van der Waals surface area contributed by atoms with E-state index in [1.165, 1.54) is 18.5 Å². The molecule has 1 aromatic rings. The van der Waals surface area contributed by atoms with Gasteiger partial charge in [0, 0.05) is 6.20 Å². The molecule has 0 spiro atoms. The normalized spacial score (nSPS) is 11.5. The Morgan fingerprint density at radius 2 is 2.53 bits per heavy atom. The minimum absolute atomic E-state index is 0.174. The molecular formula is C11H12N2O2. The summed E-state index contributed by atoms with van der Waals surface area (Å²) in [7, 11) is 0. The monoisotopic (exact) mass is 204 g/mol. The second-order valence-electron chi connectivity index (χ2n) is 3.00. The molecule has 4 nitrogen and oxygen atoms in total. The Morgan fingerprint density at radius 3 is 3.07 bits per heavy atom. The molecule has 0 aromatic carbocycles. The van der Waals surface area contributed by atoms with Crippen LogP contribution >= 0.6 is 0 Å². The molecule has 0 bridgehead atoms. The third kappa shape index (κ3) is 2.71. The van der Waals surface area contributed by atoms with Gasteiger partial charge in [-0.25, -0.2) is 4.79 Å². The van der Waals surface area contributed by atoms with Crippen LogP contribution in [0.25, 0.3) is 0 Å². The van der Waals surface area contributed by atoms with Gasteiger partial charge in [-0.2, -0.15) is 0 Å². The number of aromatic nitrogens is 1. The molecule has 78 valence electrons. The molecule has 2 N–H and O–H groups in total. The van der Waals surface area contributed by atoms with E-state index >= 15 is 0 Å². The average Bonchev–Trinajstić information content (AvgIpc) is 2.26. The molecule has 0 saturated heterocycles. The fraction of sp³-hybridized carbons (Fsp3) is 0.273. The number of hydrogen-bond donors (Lipinski definition) is 2. The molecule has 0 saturated carbocycles. The lowest BCUT2D eigenvalue weighted by molar-refractivity contribution is 0.0698. The van der Waals surface area contributed by atoms with Crippen LogP contribution in [0.2, 0.25) is 0 Å². The van der Waals surface area contributed by atoms with E-state index in [4.69, 9.17) is 11.5 Å². The predicted octanol–water partition coefficient (Wildman–Crippen LogP) is 1.60. The number of pyridine rings is 1. The van der Waals surface area contributed by atoms with E-state index in [9.17, 15) is 4.79 Å². The topological polar surface area (TPSA) is 62.2 Å². The first-order valence-corrected chi connectivity index (χ1v) is 4.59. The van der Waals surface area contributed by atoms with Gasteiger partial charge in [0.1, 0.15) is 0 Å². The van der Waals surface area contributed by atoms with E-state index in [1.807, 2.05) is 6.92 Å². The SMILES string of the molecule is C#CC(CC)Nc1cnccc1C(=O)O. The number of aromatic carboxylic acids is 1. The van der Waals surface area contributed by atoms with Crippen LogP contribution in [0.4, 0.5) is 5.69 Å². The van der Waals surface area contributed by atoms with Crippen molar-refractivity contribution in [2.24, 2.45) is 0 Å². The molecule has 1 atom stereocenters. The third-order valence-electron chi connectivity index (χ3n) is 1.99. The predicted molar refractivity (Wildman–Crippen MR) is 57.7 cm³/mol. The zero-order valence-corrected chi connectivity index (χ0v) is 8.40. The fourth-order valence-electron chi connectivity index (χ4n) is 1.15. The lowest BCUT2D eigenvalue weighted by atomic mass is 10.2. The number of anilines is 1. The van der Waals surface area contributed by atoms with Crippen molar-refractivity contribution in [2.45, 2.75) is 19.4 Å². The van der Waals surface area contributed by atoms with Crippen LogP contribution in [0.3, 0.4) is 0 Å². The smallest absolute Gasteiger partial charge is 0.337 e. The van der Waals surface area contributed by atoms with Gasteiger partial charge in [0.2, 0.25) is 0 Å².